The minimum atomic E-state index is -4.84. The second-order valence-electron chi connectivity index (χ2n) is 6.56. The predicted molar refractivity (Wildman–Crippen MR) is 89.4 cm³/mol. The van der Waals surface area contributed by atoms with Crippen LogP contribution in [0, 0.1) is 0 Å². The summed E-state index contributed by atoms with van der Waals surface area (Å²) in [5, 5.41) is 42.4. The van der Waals surface area contributed by atoms with E-state index < -0.39 is 78.2 Å². The second-order valence-corrected chi connectivity index (χ2v) is 7.65. The molecule has 15 heteroatoms. The van der Waals surface area contributed by atoms with E-state index in [0.29, 0.717) is 0 Å². The molecule has 3 unspecified atom stereocenters. The summed E-state index contributed by atoms with van der Waals surface area (Å²) in [4.78, 5) is 11.6. The van der Waals surface area contributed by atoms with E-state index in [-0.39, 0.29) is 6.61 Å². The van der Waals surface area contributed by atoms with Gasteiger partial charge in [-0.15, -0.1) is 0 Å². The monoisotopic (exact) mass is 447 g/mol. The molecule has 170 valence electrons. The minimum absolute atomic E-state index is 0.379. The Morgan fingerprint density at radius 2 is 1.79 bits per heavy atom. The summed E-state index contributed by atoms with van der Waals surface area (Å²) >= 11 is 0. The molecule has 1 amide bonds. The first-order valence-corrected chi connectivity index (χ1v) is 9.87. The Balaban J connectivity index is 2.24. The highest BCUT2D eigenvalue weighted by atomic mass is 32.3. The van der Waals surface area contributed by atoms with Crippen molar-refractivity contribution in [1.29, 1.82) is 0 Å². The van der Waals surface area contributed by atoms with E-state index >= 15 is 0 Å². The predicted octanol–water partition coefficient (Wildman–Crippen LogP) is -4.13. The summed E-state index contributed by atoms with van der Waals surface area (Å²) in [5.74, 6) is -0.547. The van der Waals surface area contributed by atoms with Crippen LogP contribution in [0.2, 0.25) is 0 Å². The molecule has 9 atom stereocenters. The van der Waals surface area contributed by atoms with Crippen molar-refractivity contribution in [3.8, 4) is 0 Å². The molecule has 0 saturated carbocycles. The van der Waals surface area contributed by atoms with Gasteiger partial charge in [-0.1, -0.05) is 0 Å². The first-order chi connectivity index (χ1) is 13.4. The molecule has 0 aromatic rings. The van der Waals surface area contributed by atoms with Crippen LogP contribution in [0.3, 0.4) is 0 Å². The highest BCUT2D eigenvalue weighted by Crippen LogP contribution is 2.28. The van der Waals surface area contributed by atoms with Gasteiger partial charge >= 0.3 is 10.4 Å². The molecule has 2 aliphatic rings. The highest BCUT2D eigenvalue weighted by molar-refractivity contribution is 7.80. The molecular formula is C14H25NO13S. The Bertz CT molecular complexity index is 660. The average Bonchev–Trinajstić information content (AvgIpc) is 2.62. The summed E-state index contributed by atoms with van der Waals surface area (Å²) in [6.07, 6.45) is -11.9. The summed E-state index contributed by atoms with van der Waals surface area (Å²) < 4.78 is 55.8. The van der Waals surface area contributed by atoms with Crippen molar-refractivity contribution in [2.45, 2.75) is 62.2 Å². The van der Waals surface area contributed by atoms with E-state index in [1.165, 1.54) is 14.0 Å². The lowest BCUT2D eigenvalue weighted by molar-refractivity contribution is -0.327. The molecule has 14 nitrogen and oxygen atoms in total. The highest BCUT2D eigenvalue weighted by Gasteiger charge is 2.50. The van der Waals surface area contributed by atoms with Gasteiger partial charge in [-0.3, -0.25) is 9.35 Å². The maximum atomic E-state index is 11.6. The summed E-state index contributed by atoms with van der Waals surface area (Å²) in [5.41, 5.74) is 0. The zero-order valence-corrected chi connectivity index (χ0v) is 16.3. The zero-order chi connectivity index (χ0) is 21.9. The van der Waals surface area contributed by atoms with Crippen LogP contribution in [0.4, 0.5) is 0 Å². The summed E-state index contributed by atoms with van der Waals surface area (Å²) in [7, 11) is -3.63. The Kier molecular flexibility index (Phi) is 8.28. The molecule has 0 aromatic heterocycles. The normalized spacial score (nSPS) is 41.1. The Morgan fingerprint density at radius 3 is 2.34 bits per heavy atom. The maximum absolute atomic E-state index is 11.6. The number of ether oxygens (including phenoxy) is 4. The van der Waals surface area contributed by atoms with Crippen molar-refractivity contribution >= 4 is 16.3 Å². The number of nitrogens with one attached hydrogen (secondary N) is 1. The third-order valence-electron chi connectivity index (χ3n) is 4.40. The zero-order valence-electron chi connectivity index (χ0n) is 15.5. The third kappa shape index (κ3) is 6.25. The fraction of sp³-hybridized carbons (Fsp3) is 0.929. The number of hydrogen-bond acceptors (Lipinski definition) is 12. The van der Waals surface area contributed by atoms with Gasteiger partial charge in [0.25, 0.3) is 0 Å². The fourth-order valence-electron chi connectivity index (χ4n) is 3.01. The van der Waals surface area contributed by atoms with Gasteiger partial charge in [0, 0.05) is 14.0 Å². The molecule has 0 bridgehead atoms. The van der Waals surface area contributed by atoms with Crippen LogP contribution < -0.4 is 5.32 Å². The van der Waals surface area contributed by atoms with Gasteiger partial charge in [-0.25, -0.2) is 4.18 Å². The number of aliphatic hydroxyl groups excluding tert-OH is 4. The molecule has 0 aliphatic carbocycles. The molecule has 2 rings (SSSR count). The molecule has 0 spiro atoms. The first kappa shape index (κ1) is 24.3. The van der Waals surface area contributed by atoms with Crippen LogP contribution in [0.1, 0.15) is 6.92 Å². The van der Waals surface area contributed by atoms with E-state index in [0.717, 1.165) is 0 Å². The lowest BCUT2D eigenvalue weighted by Gasteiger charge is -2.46. The molecule has 2 saturated heterocycles. The van der Waals surface area contributed by atoms with Gasteiger partial charge in [0.1, 0.15) is 42.7 Å². The Morgan fingerprint density at radius 1 is 1.14 bits per heavy atom. The first-order valence-electron chi connectivity index (χ1n) is 8.51. The third-order valence-corrected chi connectivity index (χ3v) is 4.84. The number of aliphatic hydroxyl groups is 4. The van der Waals surface area contributed by atoms with Crippen molar-refractivity contribution in [2.24, 2.45) is 0 Å². The van der Waals surface area contributed by atoms with Crippen molar-refractivity contribution in [3.05, 3.63) is 0 Å². The van der Waals surface area contributed by atoms with Crippen LogP contribution in [-0.4, -0.2) is 115 Å². The second kappa shape index (κ2) is 9.88. The molecule has 2 fully saturated rings. The molecule has 6 N–H and O–H groups in total. The Hall–Kier alpha value is -0.980. The molecule has 2 heterocycles. The topological polar surface area (TPSA) is 211 Å². The van der Waals surface area contributed by atoms with Crippen molar-refractivity contribution in [3.63, 3.8) is 0 Å². The van der Waals surface area contributed by atoms with Gasteiger partial charge < -0.3 is 44.7 Å². The van der Waals surface area contributed by atoms with Crippen molar-refractivity contribution in [1.82, 2.24) is 5.32 Å². The molecule has 2 aliphatic heterocycles. The van der Waals surface area contributed by atoms with Crippen LogP contribution in [0.15, 0.2) is 0 Å². The minimum Gasteiger partial charge on any atom is -0.388 e. The number of hydrogen-bond donors (Lipinski definition) is 6. The fourth-order valence-corrected chi connectivity index (χ4v) is 3.32. The largest absolute Gasteiger partial charge is 0.397 e. The SMILES string of the molecule is CO[C@@H]1OC(COS(=O)(=O)O)[C@H](O)[C@H](O[C@@H]2OC[C@H](O)[C@H](O)C2O)C1NC(C)=O. The Labute approximate surface area is 166 Å². The van der Waals surface area contributed by atoms with Crippen LogP contribution in [-0.2, 0) is 38.3 Å². The van der Waals surface area contributed by atoms with Gasteiger partial charge in [-0.05, 0) is 0 Å². The van der Waals surface area contributed by atoms with Crippen LogP contribution in [0.5, 0.6) is 0 Å². The average molecular weight is 447 g/mol. The van der Waals surface area contributed by atoms with Crippen molar-refractivity contribution in [2.75, 3.05) is 20.3 Å². The lowest BCUT2D eigenvalue weighted by atomic mass is 9.96. The smallest absolute Gasteiger partial charge is 0.388 e. The van der Waals surface area contributed by atoms with E-state index in [1.807, 2.05) is 0 Å². The van der Waals surface area contributed by atoms with Crippen LogP contribution >= 0.6 is 0 Å². The number of carbonyl (C=O) groups is 1. The summed E-state index contributed by atoms with van der Waals surface area (Å²) in [6.45, 7) is -0.0201. The number of amides is 1. The number of methoxy groups -OCH3 is 1. The number of carbonyl (C=O) groups excluding carboxylic acids is 1. The van der Waals surface area contributed by atoms with E-state index in [1.54, 1.807) is 0 Å². The van der Waals surface area contributed by atoms with E-state index in [9.17, 15) is 33.6 Å². The van der Waals surface area contributed by atoms with E-state index in [4.69, 9.17) is 23.5 Å². The summed E-state index contributed by atoms with van der Waals surface area (Å²) in [6, 6.07) is -1.14. The molecular weight excluding hydrogens is 422 g/mol. The molecule has 29 heavy (non-hydrogen) atoms. The maximum Gasteiger partial charge on any atom is 0.397 e. The van der Waals surface area contributed by atoms with Gasteiger partial charge in [0.15, 0.2) is 12.6 Å². The quantitative estimate of drug-likeness (QED) is 0.205. The molecule has 0 radical (unpaired) electrons. The number of rotatable bonds is 7. The van der Waals surface area contributed by atoms with Gasteiger partial charge in [0.05, 0.1) is 13.2 Å². The van der Waals surface area contributed by atoms with Crippen LogP contribution in [0.25, 0.3) is 0 Å². The lowest BCUT2D eigenvalue weighted by Crippen LogP contribution is -2.67. The molecule has 0 aromatic carbocycles. The van der Waals surface area contributed by atoms with Crippen molar-refractivity contribution < 1.29 is 61.3 Å². The van der Waals surface area contributed by atoms with E-state index in [2.05, 4.69) is 9.50 Å². The van der Waals surface area contributed by atoms with Gasteiger partial charge in [-0.2, -0.15) is 8.42 Å². The van der Waals surface area contributed by atoms with Gasteiger partial charge in [0.2, 0.25) is 5.91 Å². The standard InChI is InChI=1S/C14H25NO13S/c1-5(16)15-8-12(28-14-11(20)9(18)6(17)3-25-14)10(19)7(27-13(8)24-2)4-26-29(21,22)23/h6-14,17-20H,3-4H2,1-2H3,(H,15,16)(H,21,22,23)/t6-,7?,8?,9-,10-,11?,12+,13+,14-/m0/s1.